The lowest BCUT2D eigenvalue weighted by Gasteiger charge is -2.16. The van der Waals surface area contributed by atoms with Crippen LogP contribution in [0.15, 0.2) is 47.6 Å². The summed E-state index contributed by atoms with van der Waals surface area (Å²) >= 11 is 0. The summed E-state index contributed by atoms with van der Waals surface area (Å²) in [5.74, 6) is -1.11. The zero-order valence-corrected chi connectivity index (χ0v) is 11.6. The summed E-state index contributed by atoms with van der Waals surface area (Å²) in [7, 11) is 0. The van der Waals surface area contributed by atoms with Gasteiger partial charge in [-0.25, -0.2) is 4.39 Å². The molecule has 116 valence electrons. The Morgan fingerprint density at radius 1 is 1.22 bits per heavy atom. The standard InChI is InChI=1S/C15H10FN3O4/c16-10-3-6-13-12(7-10)14(17-21)15(20)18(13)8-9-1-4-11(5-2-9)19(22)23/h1-7,21H,8H2/b17-14-. The molecule has 1 heterocycles. The molecule has 1 aliphatic rings. The first-order valence-electron chi connectivity index (χ1n) is 6.58. The molecule has 1 amide bonds. The van der Waals surface area contributed by atoms with Crippen LogP contribution in [0.1, 0.15) is 11.1 Å². The Morgan fingerprint density at radius 3 is 2.52 bits per heavy atom. The highest BCUT2D eigenvalue weighted by Gasteiger charge is 2.34. The molecule has 2 aromatic carbocycles. The average Bonchev–Trinajstić information content (AvgIpc) is 2.79. The highest BCUT2D eigenvalue weighted by Crippen LogP contribution is 2.31. The summed E-state index contributed by atoms with van der Waals surface area (Å²) in [5, 5.41) is 22.6. The minimum Gasteiger partial charge on any atom is -0.410 e. The van der Waals surface area contributed by atoms with Crippen LogP contribution < -0.4 is 4.90 Å². The SMILES string of the molecule is O=C1/C(=N\O)c2cc(F)ccc2N1Cc1ccc([N+](=O)[O-])cc1. The number of hydrogen-bond acceptors (Lipinski definition) is 5. The van der Waals surface area contributed by atoms with Crippen LogP contribution in [0.4, 0.5) is 15.8 Å². The van der Waals surface area contributed by atoms with Gasteiger partial charge in [-0.1, -0.05) is 17.3 Å². The lowest BCUT2D eigenvalue weighted by molar-refractivity contribution is -0.384. The molecule has 23 heavy (non-hydrogen) atoms. The number of nitrogens with zero attached hydrogens (tertiary/aromatic N) is 3. The monoisotopic (exact) mass is 315 g/mol. The number of amides is 1. The molecule has 0 aromatic heterocycles. The summed E-state index contributed by atoms with van der Waals surface area (Å²) < 4.78 is 13.3. The predicted octanol–water partition coefficient (Wildman–Crippen LogP) is 2.46. The van der Waals surface area contributed by atoms with E-state index in [4.69, 9.17) is 5.21 Å². The molecule has 0 unspecified atom stereocenters. The van der Waals surface area contributed by atoms with Gasteiger partial charge >= 0.3 is 0 Å². The molecule has 8 heteroatoms. The number of nitro benzene ring substituents is 1. The van der Waals surface area contributed by atoms with E-state index in [2.05, 4.69) is 5.16 Å². The van der Waals surface area contributed by atoms with Crippen molar-refractivity contribution in [3.63, 3.8) is 0 Å². The number of hydrogen-bond donors (Lipinski definition) is 1. The molecule has 0 aliphatic carbocycles. The van der Waals surface area contributed by atoms with Crippen LogP contribution in [-0.4, -0.2) is 21.7 Å². The van der Waals surface area contributed by atoms with Crippen molar-refractivity contribution in [1.29, 1.82) is 0 Å². The highest BCUT2D eigenvalue weighted by molar-refractivity contribution is 6.54. The predicted molar refractivity (Wildman–Crippen MR) is 79.0 cm³/mol. The molecule has 1 N–H and O–H groups in total. The first kappa shape index (κ1) is 14.6. The maximum atomic E-state index is 13.3. The molecule has 0 fully saturated rings. The highest BCUT2D eigenvalue weighted by atomic mass is 19.1. The number of oxime groups is 1. The van der Waals surface area contributed by atoms with Gasteiger partial charge < -0.3 is 10.1 Å². The number of fused-ring (bicyclic) bond motifs is 1. The molecule has 0 bridgehead atoms. The van der Waals surface area contributed by atoms with E-state index < -0.39 is 16.6 Å². The van der Waals surface area contributed by atoms with Gasteiger partial charge in [0.05, 0.1) is 17.2 Å². The average molecular weight is 315 g/mol. The summed E-state index contributed by atoms with van der Waals surface area (Å²) in [6.07, 6.45) is 0. The van der Waals surface area contributed by atoms with Crippen LogP contribution in [0, 0.1) is 15.9 Å². The fourth-order valence-electron chi connectivity index (χ4n) is 2.45. The van der Waals surface area contributed by atoms with Gasteiger partial charge in [-0.15, -0.1) is 0 Å². The van der Waals surface area contributed by atoms with Crippen molar-refractivity contribution >= 4 is 23.0 Å². The van der Waals surface area contributed by atoms with Crippen molar-refractivity contribution in [2.75, 3.05) is 4.90 Å². The van der Waals surface area contributed by atoms with Crippen molar-refractivity contribution in [2.45, 2.75) is 6.54 Å². The molecule has 0 saturated carbocycles. The van der Waals surface area contributed by atoms with E-state index in [1.54, 1.807) is 0 Å². The Bertz CT molecular complexity index is 833. The zero-order chi connectivity index (χ0) is 16.6. The van der Waals surface area contributed by atoms with E-state index in [0.29, 0.717) is 11.3 Å². The third-order valence-corrected chi connectivity index (χ3v) is 3.54. The van der Waals surface area contributed by atoms with E-state index in [0.717, 1.165) is 6.07 Å². The third-order valence-electron chi connectivity index (χ3n) is 3.54. The van der Waals surface area contributed by atoms with Crippen molar-refractivity contribution in [3.05, 3.63) is 69.5 Å². The van der Waals surface area contributed by atoms with Crippen molar-refractivity contribution < 1.29 is 19.3 Å². The fraction of sp³-hybridized carbons (Fsp3) is 0.0667. The zero-order valence-electron chi connectivity index (χ0n) is 11.6. The molecular formula is C15H10FN3O4. The molecular weight excluding hydrogens is 305 g/mol. The Hall–Kier alpha value is -3.29. The molecule has 0 spiro atoms. The van der Waals surface area contributed by atoms with Crippen molar-refractivity contribution in [3.8, 4) is 0 Å². The second-order valence-corrected chi connectivity index (χ2v) is 4.92. The summed E-state index contributed by atoms with van der Waals surface area (Å²) in [5.41, 5.74) is 0.989. The van der Waals surface area contributed by atoms with Crippen LogP contribution in [0.2, 0.25) is 0 Å². The summed E-state index contributed by atoms with van der Waals surface area (Å²) in [6, 6.07) is 9.48. The molecule has 2 aromatic rings. The van der Waals surface area contributed by atoms with E-state index >= 15 is 0 Å². The van der Waals surface area contributed by atoms with Gasteiger partial charge in [0, 0.05) is 17.7 Å². The first-order chi connectivity index (χ1) is 11.0. The number of benzene rings is 2. The van der Waals surface area contributed by atoms with Crippen LogP contribution in [0.3, 0.4) is 0 Å². The van der Waals surface area contributed by atoms with E-state index in [1.165, 1.54) is 41.3 Å². The topological polar surface area (TPSA) is 96.0 Å². The second-order valence-electron chi connectivity index (χ2n) is 4.92. The van der Waals surface area contributed by atoms with E-state index in [1.807, 2.05) is 0 Å². The van der Waals surface area contributed by atoms with Gasteiger partial charge in [0.25, 0.3) is 11.6 Å². The Morgan fingerprint density at radius 2 is 1.91 bits per heavy atom. The molecule has 3 rings (SSSR count). The number of carbonyl (C=O) groups excluding carboxylic acids is 1. The largest absolute Gasteiger partial charge is 0.410 e. The lowest BCUT2D eigenvalue weighted by atomic mass is 10.1. The van der Waals surface area contributed by atoms with Gasteiger partial charge in [0.15, 0.2) is 5.71 Å². The van der Waals surface area contributed by atoms with Crippen LogP contribution in [-0.2, 0) is 11.3 Å². The number of nitro groups is 1. The van der Waals surface area contributed by atoms with E-state index in [-0.39, 0.29) is 23.5 Å². The molecule has 1 aliphatic heterocycles. The normalized spacial score (nSPS) is 15.1. The molecule has 0 atom stereocenters. The number of carbonyl (C=O) groups is 1. The number of halogens is 1. The minimum atomic E-state index is -0.563. The summed E-state index contributed by atoms with van der Waals surface area (Å²) in [4.78, 5) is 23.7. The first-order valence-corrected chi connectivity index (χ1v) is 6.58. The molecule has 7 nitrogen and oxygen atoms in total. The quantitative estimate of drug-likeness (QED) is 0.534. The van der Waals surface area contributed by atoms with Crippen molar-refractivity contribution in [1.82, 2.24) is 0 Å². The van der Waals surface area contributed by atoms with Gasteiger partial charge in [-0.3, -0.25) is 14.9 Å². The number of non-ortho nitro benzene ring substituents is 1. The Labute approximate surface area is 129 Å². The summed E-state index contributed by atoms with van der Waals surface area (Å²) in [6.45, 7) is 0.120. The number of rotatable bonds is 3. The van der Waals surface area contributed by atoms with Gasteiger partial charge in [0.1, 0.15) is 5.82 Å². The van der Waals surface area contributed by atoms with Gasteiger partial charge in [-0.05, 0) is 23.8 Å². The van der Waals surface area contributed by atoms with Crippen molar-refractivity contribution in [2.24, 2.45) is 5.16 Å². The third kappa shape index (κ3) is 2.50. The van der Waals surface area contributed by atoms with E-state index in [9.17, 15) is 19.3 Å². The lowest BCUT2D eigenvalue weighted by Crippen LogP contribution is -2.29. The molecule has 0 radical (unpaired) electrons. The fourth-order valence-corrected chi connectivity index (χ4v) is 2.45. The maximum absolute atomic E-state index is 13.3. The van der Waals surface area contributed by atoms with Crippen LogP contribution in [0.25, 0.3) is 0 Å². The molecule has 0 saturated heterocycles. The Balaban J connectivity index is 1.95. The Kier molecular flexibility index (Phi) is 3.49. The second kappa shape index (κ2) is 5.48. The number of anilines is 1. The smallest absolute Gasteiger partial charge is 0.281 e. The van der Waals surface area contributed by atoms with Gasteiger partial charge in [-0.2, -0.15) is 0 Å². The van der Waals surface area contributed by atoms with Crippen LogP contribution in [0.5, 0.6) is 0 Å². The maximum Gasteiger partial charge on any atom is 0.281 e. The minimum absolute atomic E-state index is 0.0541. The van der Waals surface area contributed by atoms with Crippen LogP contribution >= 0.6 is 0 Å². The van der Waals surface area contributed by atoms with Gasteiger partial charge in [0.2, 0.25) is 0 Å².